The number of nitrogens with one attached hydrogen (secondary N) is 2. The van der Waals surface area contributed by atoms with Crippen LogP contribution in [-0.2, 0) is 6.54 Å². The maximum Gasteiger partial charge on any atom is 0.319 e. The van der Waals surface area contributed by atoms with Gasteiger partial charge in [-0.15, -0.1) is 10.2 Å². The largest absolute Gasteiger partial charge is 0.488 e. The Labute approximate surface area is 151 Å². The number of carbonyl (C=O) groups excluding carboxylic acids is 1. The number of hydrogen-bond donors (Lipinski definition) is 2. The van der Waals surface area contributed by atoms with Crippen molar-refractivity contribution in [3.63, 3.8) is 0 Å². The number of urea groups is 1. The fourth-order valence-electron chi connectivity index (χ4n) is 3.20. The standard InChI is InChI=1S/C19H21N5O2/c25-19(20-13-18-23-22-17-11-5-6-12-24(17)18)21-15-9-3-4-10-16(15)26-14-7-1-2-8-14/h3-6,9-12,14H,1-2,7-8,13H2,(H2,20,21,25). The number of carbonyl (C=O) groups is 1. The minimum atomic E-state index is -0.305. The van der Waals surface area contributed by atoms with Crippen LogP contribution in [0.3, 0.4) is 0 Å². The molecule has 1 aromatic carbocycles. The van der Waals surface area contributed by atoms with E-state index in [-0.39, 0.29) is 18.7 Å². The molecule has 1 aliphatic rings. The van der Waals surface area contributed by atoms with Crippen LogP contribution in [0.4, 0.5) is 10.5 Å². The highest BCUT2D eigenvalue weighted by molar-refractivity contribution is 5.90. The van der Waals surface area contributed by atoms with Gasteiger partial charge in [-0.1, -0.05) is 18.2 Å². The number of para-hydroxylation sites is 2. The maximum atomic E-state index is 12.3. The molecule has 0 atom stereocenters. The second kappa shape index (κ2) is 7.43. The second-order valence-electron chi connectivity index (χ2n) is 6.37. The Balaban J connectivity index is 1.39. The lowest BCUT2D eigenvalue weighted by molar-refractivity contribution is 0.211. The first-order valence-corrected chi connectivity index (χ1v) is 8.89. The molecule has 2 heterocycles. The van der Waals surface area contributed by atoms with Crippen molar-refractivity contribution in [2.45, 2.75) is 38.3 Å². The van der Waals surface area contributed by atoms with Gasteiger partial charge in [0.2, 0.25) is 0 Å². The van der Waals surface area contributed by atoms with Crippen molar-refractivity contribution < 1.29 is 9.53 Å². The van der Waals surface area contributed by atoms with Gasteiger partial charge >= 0.3 is 6.03 Å². The van der Waals surface area contributed by atoms with E-state index in [4.69, 9.17) is 4.74 Å². The van der Waals surface area contributed by atoms with Crippen molar-refractivity contribution in [3.05, 3.63) is 54.5 Å². The number of benzene rings is 1. The monoisotopic (exact) mass is 351 g/mol. The quantitative estimate of drug-likeness (QED) is 0.738. The first kappa shape index (κ1) is 16.4. The topological polar surface area (TPSA) is 80.6 Å². The number of amides is 2. The maximum absolute atomic E-state index is 12.3. The van der Waals surface area contributed by atoms with Gasteiger partial charge in [-0.25, -0.2) is 4.79 Å². The number of aromatic nitrogens is 3. The summed E-state index contributed by atoms with van der Waals surface area (Å²) >= 11 is 0. The van der Waals surface area contributed by atoms with Gasteiger partial charge in [0.05, 0.1) is 18.3 Å². The number of anilines is 1. The summed E-state index contributed by atoms with van der Waals surface area (Å²) in [7, 11) is 0. The first-order chi connectivity index (χ1) is 12.8. The molecule has 7 heteroatoms. The molecule has 0 unspecified atom stereocenters. The summed E-state index contributed by atoms with van der Waals surface area (Å²) in [5, 5.41) is 13.9. The number of fused-ring (bicyclic) bond motifs is 1. The van der Waals surface area contributed by atoms with Crippen molar-refractivity contribution in [1.29, 1.82) is 0 Å². The van der Waals surface area contributed by atoms with Gasteiger partial charge in [-0.05, 0) is 49.9 Å². The van der Waals surface area contributed by atoms with E-state index in [9.17, 15) is 4.79 Å². The minimum absolute atomic E-state index is 0.239. The first-order valence-electron chi connectivity index (χ1n) is 8.89. The van der Waals surface area contributed by atoms with Gasteiger partial charge in [-0.3, -0.25) is 4.40 Å². The van der Waals surface area contributed by atoms with Crippen LogP contribution in [0.25, 0.3) is 5.65 Å². The molecule has 0 spiro atoms. The summed E-state index contributed by atoms with van der Waals surface area (Å²) in [6, 6.07) is 12.9. The molecule has 0 radical (unpaired) electrons. The van der Waals surface area contributed by atoms with Crippen molar-refractivity contribution in [2.24, 2.45) is 0 Å². The van der Waals surface area contributed by atoms with Crippen molar-refractivity contribution >= 4 is 17.4 Å². The van der Waals surface area contributed by atoms with Gasteiger partial charge in [0, 0.05) is 6.20 Å². The van der Waals surface area contributed by atoms with Gasteiger partial charge in [0.1, 0.15) is 5.75 Å². The predicted octanol–water partition coefficient (Wildman–Crippen LogP) is 3.37. The van der Waals surface area contributed by atoms with E-state index in [2.05, 4.69) is 20.8 Å². The Hall–Kier alpha value is -3.09. The number of rotatable bonds is 5. The average molecular weight is 351 g/mol. The summed E-state index contributed by atoms with van der Waals surface area (Å²) in [5.41, 5.74) is 1.42. The molecule has 1 saturated carbocycles. The summed E-state index contributed by atoms with van der Waals surface area (Å²) in [6.07, 6.45) is 6.65. The van der Waals surface area contributed by atoms with E-state index in [1.165, 1.54) is 12.8 Å². The SMILES string of the molecule is O=C(NCc1nnc2ccccn12)Nc1ccccc1OC1CCCC1. The zero-order valence-corrected chi connectivity index (χ0v) is 14.4. The van der Waals surface area contributed by atoms with E-state index in [1.54, 1.807) is 0 Å². The van der Waals surface area contributed by atoms with Crippen LogP contribution in [0.1, 0.15) is 31.5 Å². The van der Waals surface area contributed by atoms with Gasteiger partial charge in [-0.2, -0.15) is 0 Å². The highest BCUT2D eigenvalue weighted by Gasteiger charge is 2.18. The van der Waals surface area contributed by atoms with Crippen LogP contribution in [0.5, 0.6) is 5.75 Å². The van der Waals surface area contributed by atoms with Crippen LogP contribution in [-0.4, -0.2) is 26.7 Å². The number of ether oxygens (including phenoxy) is 1. The molecule has 4 rings (SSSR count). The zero-order valence-electron chi connectivity index (χ0n) is 14.4. The Kier molecular flexibility index (Phi) is 4.68. The molecule has 134 valence electrons. The highest BCUT2D eigenvalue weighted by Crippen LogP contribution is 2.29. The molecular weight excluding hydrogens is 330 g/mol. The van der Waals surface area contributed by atoms with Crippen LogP contribution >= 0.6 is 0 Å². The Morgan fingerprint density at radius 2 is 1.92 bits per heavy atom. The lowest BCUT2D eigenvalue weighted by Crippen LogP contribution is -2.29. The molecule has 2 amide bonds. The normalized spacial score (nSPS) is 14.5. The zero-order chi connectivity index (χ0) is 17.8. The van der Waals surface area contributed by atoms with Gasteiger partial charge in [0.15, 0.2) is 11.5 Å². The fraction of sp³-hybridized carbons (Fsp3) is 0.316. The molecule has 0 aliphatic heterocycles. The Morgan fingerprint density at radius 3 is 2.81 bits per heavy atom. The summed E-state index contributed by atoms with van der Waals surface area (Å²) < 4.78 is 7.89. The molecule has 3 aromatic rings. The lowest BCUT2D eigenvalue weighted by atomic mass is 10.2. The van der Waals surface area contributed by atoms with E-state index in [0.717, 1.165) is 18.5 Å². The number of hydrogen-bond acceptors (Lipinski definition) is 4. The van der Waals surface area contributed by atoms with E-state index in [1.807, 2.05) is 53.1 Å². The minimum Gasteiger partial charge on any atom is -0.488 e. The lowest BCUT2D eigenvalue weighted by Gasteiger charge is -2.17. The summed E-state index contributed by atoms with van der Waals surface area (Å²) in [4.78, 5) is 12.3. The van der Waals surface area contributed by atoms with Crippen molar-refractivity contribution in [2.75, 3.05) is 5.32 Å². The van der Waals surface area contributed by atoms with Crippen molar-refractivity contribution in [3.8, 4) is 5.75 Å². The molecule has 0 saturated heterocycles. The molecule has 0 bridgehead atoms. The van der Waals surface area contributed by atoms with E-state index < -0.39 is 0 Å². The third kappa shape index (κ3) is 3.61. The van der Waals surface area contributed by atoms with Gasteiger partial charge in [0.25, 0.3) is 0 Å². The third-order valence-corrected chi connectivity index (χ3v) is 4.52. The fourth-order valence-corrected chi connectivity index (χ4v) is 3.20. The Bertz CT molecular complexity index is 902. The second-order valence-corrected chi connectivity index (χ2v) is 6.37. The van der Waals surface area contributed by atoms with Gasteiger partial charge < -0.3 is 15.4 Å². The van der Waals surface area contributed by atoms with E-state index >= 15 is 0 Å². The highest BCUT2D eigenvalue weighted by atomic mass is 16.5. The third-order valence-electron chi connectivity index (χ3n) is 4.52. The molecule has 26 heavy (non-hydrogen) atoms. The molecule has 2 N–H and O–H groups in total. The van der Waals surface area contributed by atoms with Crippen LogP contribution < -0.4 is 15.4 Å². The Morgan fingerprint density at radius 1 is 1.12 bits per heavy atom. The molecule has 7 nitrogen and oxygen atoms in total. The van der Waals surface area contributed by atoms with Crippen molar-refractivity contribution in [1.82, 2.24) is 19.9 Å². The predicted molar refractivity (Wildman–Crippen MR) is 98.2 cm³/mol. The van der Waals surface area contributed by atoms with Crippen LogP contribution in [0.15, 0.2) is 48.7 Å². The average Bonchev–Trinajstić information content (AvgIpc) is 3.31. The van der Waals surface area contributed by atoms with Crippen LogP contribution in [0, 0.1) is 0 Å². The summed E-state index contributed by atoms with van der Waals surface area (Å²) in [5.74, 6) is 1.38. The van der Waals surface area contributed by atoms with E-state index in [0.29, 0.717) is 17.3 Å². The number of pyridine rings is 1. The summed E-state index contributed by atoms with van der Waals surface area (Å²) in [6.45, 7) is 0.280. The molecular formula is C19H21N5O2. The molecule has 1 aliphatic carbocycles. The number of nitrogens with zero attached hydrogens (tertiary/aromatic N) is 3. The smallest absolute Gasteiger partial charge is 0.319 e. The van der Waals surface area contributed by atoms with Crippen LogP contribution in [0.2, 0.25) is 0 Å². The molecule has 1 fully saturated rings. The molecule has 2 aromatic heterocycles.